The molecule has 0 aliphatic carbocycles. The highest BCUT2D eigenvalue weighted by Crippen LogP contribution is 2.31. The van der Waals surface area contributed by atoms with Crippen LogP contribution in [0.5, 0.6) is 0 Å². The van der Waals surface area contributed by atoms with Gasteiger partial charge in [-0.05, 0) is 47.5 Å². The summed E-state index contributed by atoms with van der Waals surface area (Å²) in [5.74, 6) is 0. The van der Waals surface area contributed by atoms with Gasteiger partial charge in [0, 0.05) is 18.8 Å². The molecule has 6 nitrogen and oxygen atoms in total. The molecule has 0 amide bonds. The number of nitro benzene ring substituents is 1. The van der Waals surface area contributed by atoms with Gasteiger partial charge in [-0.1, -0.05) is 0 Å². The molecule has 0 saturated carbocycles. The summed E-state index contributed by atoms with van der Waals surface area (Å²) in [5.41, 5.74) is 0.977. The number of fused-ring (bicyclic) bond motifs is 1. The van der Waals surface area contributed by atoms with Crippen molar-refractivity contribution in [1.82, 2.24) is 4.98 Å². The zero-order valence-electron chi connectivity index (χ0n) is 12.4. The molecule has 0 bridgehead atoms. The Morgan fingerprint density at radius 1 is 1.39 bits per heavy atom. The van der Waals surface area contributed by atoms with Crippen LogP contribution in [0.4, 0.5) is 11.4 Å². The maximum absolute atomic E-state index is 11.1. The van der Waals surface area contributed by atoms with Gasteiger partial charge >= 0.3 is 0 Å². The molecule has 1 atom stereocenters. The normalized spacial score (nSPS) is 13.7. The maximum Gasteiger partial charge on any atom is 0.278 e. The number of hydrogen-bond donors (Lipinski definition) is 2. The number of anilines is 1. The van der Waals surface area contributed by atoms with Crippen LogP contribution in [-0.4, -0.2) is 21.6 Å². The summed E-state index contributed by atoms with van der Waals surface area (Å²) in [6.07, 6.45) is 1.59. The first-order valence-corrected chi connectivity index (χ1v) is 7.94. The Hall–Kier alpha value is -2.51. The lowest BCUT2D eigenvalue weighted by atomic mass is 9.99. The number of aliphatic hydroxyl groups is 1. The molecule has 7 heteroatoms. The van der Waals surface area contributed by atoms with Crippen molar-refractivity contribution in [2.45, 2.75) is 12.5 Å². The summed E-state index contributed by atoms with van der Waals surface area (Å²) >= 11 is 1.52. The van der Waals surface area contributed by atoms with Crippen LogP contribution in [0.3, 0.4) is 0 Å². The lowest BCUT2D eigenvalue weighted by Gasteiger charge is -2.23. The topological polar surface area (TPSA) is 88.3 Å². The zero-order chi connectivity index (χ0) is 16.4. The molecular weight excluding hydrogens is 314 g/mol. The number of nitro groups is 1. The SMILES string of the molecule is CC(O)(CNc1ccc([N+](=O)[O-])c2cccnc12)c1ccsc1. The summed E-state index contributed by atoms with van der Waals surface area (Å²) in [6, 6.07) is 8.28. The molecule has 0 fully saturated rings. The molecule has 0 spiro atoms. The zero-order valence-corrected chi connectivity index (χ0v) is 13.2. The van der Waals surface area contributed by atoms with Gasteiger partial charge in [0.25, 0.3) is 5.69 Å². The number of hydrogen-bond acceptors (Lipinski definition) is 6. The van der Waals surface area contributed by atoms with E-state index in [9.17, 15) is 15.2 Å². The van der Waals surface area contributed by atoms with E-state index >= 15 is 0 Å². The van der Waals surface area contributed by atoms with Crippen molar-refractivity contribution in [1.29, 1.82) is 0 Å². The number of non-ortho nitro benzene ring substituents is 1. The van der Waals surface area contributed by atoms with Crippen LogP contribution in [-0.2, 0) is 5.60 Å². The minimum absolute atomic E-state index is 0.0169. The number of pyridine rings is 1. The van der Waals surface area contributed by atoms with Crippen molar-refractivity contribution in [3.05, 3.63) is 63.0 Å². The minimum atomic E-state index is -1.04. The van der Waals surface area contributed by atoms with Crippen LogP contribution in [0.1, 0.15) is 12.5 Å². The first kappa shape index (κ1) is 15.4. The average Bonchev–Trinajstić information content (AvgIpc) is 3.07. The highest BCUT2D eigenvalue weighted by atomic mass is 32.1. The molecule has 118 valence electrons. The Labute approximate surface area is 136 Å². The van der Waals surface area contributed by atoms with Gasteiger partial charge in [0.05, 0.1) is 16.0 Å². The van der Waals surface area contributed by atoms with Crippen LogP contribution in [0.25, 0.3) is 10.9 Å². The molecular formula is C16H15N3O3S. The molecule has 0 aliphatic heterocycles. The second kappa shape index (κ2) is 5.94. The molecule has 0 saturated heterocycles. The fourth-order valence-electron chi connectivity index (χ4n) is 2.40. The molecule has 23 heavy (non-hydrogen) atoms. The Balaban J connectivity index is 1.92. The van der Waals surface area contributed by atoms with Gasteiger partial charge in [0.2, 0.25) is 0 Å². The van der Waals surface area contributed by atoms with Crippen molar-refractivity contribution in [2.75, 3.05) is 11.9 Å². The predicted octanol–water partition coefficient (Wildman–Crippen LogP) is 3.52. The van der Waals surface area contributed by atoms with Gasteiger partial charge in [0.15, 0.2) is 0 Å². The van der Waals surface area contributed by atoms with E-state index in [1.54, 1.807) is 31.3 Å². The Bertz CT molecular complexity index is 847. The summed E-state index contributed by atoms with van der Waals surface area (Å²) in [5, 5.41) is 29.1. The van der Waals surface area contributed by atoms with Crippen LogP contribution in [0, 0.1) is 10.1 Å². The maximum atomic E-state index is 11.1. The minimum Gasteiger partial charge on any atom is -0.384 e. The van der Waals surface area contributed by atoms with Gasteiger partial charge in [-0.2, -0.15) is 11.3 Å². The molecule has 3 aromatic rings. The van der Waals surface area contributed by atoms with E-state index in [4.69, 9.17) is 0 Å². The monoisotopic (exact) mass is 329 g/mol. The number of thiophene rings is 1. The molecule has 2 N–H and O–H groups in total. The lowest BCUT2D eigenvalue weighted by molar-refractivity contribution is -0.383. The first-order valence-electron chi connectivity index (χ1n) is 7.00. The number of nitrogens with zero attached hydrogens (tertiary/aromatic N) is 2. The third-order valence-electron chi connectivity index (χ3n) is 3.71. The smallest absolute Gasteiger partial charge is 0.278 e. The first-order chi connectivity index (χ1) is 11.0. The molecule has 2 heterocycles. The van der Waals surface area contributed by atoms with E-state index in [1.807, 2.05) is 16.8 Å². The van der Waals surface area contributed by atoms with E-state index in [1.165, 1.54) is 17.4 Å². The number of nitrogens with one attached hydrogen (secondary N) is 1. The summed E-state index contributed by atoms with van der Waals surface area (Å²) < 4.78 is 0. The highest BCUT2D eigenvalue weighted by Gasteiger charge is 2.24. The quantitative estimate of drug-likeness (QED) is 0.552. The number of rotatable bonds is 5. The van der Waals surface area contributed by atoms with E-state index in [0.717, 1.165) is 5.56 Å². The van der Waals surface area contributed by atoms with Crippen LogP contribution in [0.15, 0.2) is 47.3 Å². The Kier molecular flexibility index (Phi) is 3.97. The van der Waals surface area contributed by atoms with E-state index in [2.05, 4.69) is 10.3 Å². The summed E-state index contributed by atoms with van der Waals surface area (Å²) in [6.45, 7) is 2.00. The van der Waals surface area contributed by atoms with Gasteiger partial charge in [-0.25, -0.2) is 0 Å². The van der Waals surface area contributed by atoms with Gasteiger partial charge in [-0.3, -0.25) is 15.1 Å². The predicted molar refractivity (Wildman–Crippen MR) is 90.8 cm³/mol. The van der Waals surface area contributed by atoms with Gasteiger partial charge < -0.3 is 10.4 Å². The molecule has 0 aliphatic rings. The van der Waals surface area contributed by atoms with Crippen LogP contribution in [0.2, 0.25) is 0 Å². The average molecular weight is 329 g/mol. The van der Waals surface area contributed by atoms with E-state index < -0.39 is 10.5 Å². The second-order valence-corrected chi connectivity index (χ2v) is 6.21. The van der Waals surface area contributed by atoms with Crippen molar-refractivity contribution in [2.24, 2.45) is 0 Å². The Morgan fingerprint density at radius 2 is 2.22 bits per heavy atom. The number of benzene rings is 1. The van der Waals surface area contributed by atoms with Gasteiger partial charge in [-0.15, -0.1) is 0 Å². The fourth-order valence-corrected chi connectivity index (χ4v) is 3.18. The molecule has 1 aromatic carbocycles. The van der Waals surface area contributed by atoms with Crippen molar-refractivity contribution < 1.29 is 10.0 Å². The van der Waals surface area contributed by atoms with E-state index in [0.29, 0.717) is 16.6 Å². The largest absolute Gasteiger partial charge is 0.384 e. The van der Waals surface area contributed by atoms with Gasteiger partial charge in [0.1, 0.15) is 11.1 Å². The second-order valence-electron chi connectivity index (χ2n) is 5.43. The van der Waals surface area contributed by atoms with Crippen molar-refractivity contribution in [3.63, 3.8) is 0 Å². The third-order valence-corrected chi connectivity index (χ3v) is 4.39. The van der Waals surface area contributed by atoms with Crippen molar-refractivity contribution >= 4 is 33.6 Å². The standard InChI is InChI=1S/C16H15N3O3S/c1-16(20,11-6-8-23-9-11)10-18-13-4-5-14(19(21)22)12-3-2-7-17-15(12)13/h2-9,18,20H,10H2,1H3. The van der Waals surface area contributed by atoms with Crippen molar-refractivity contribution in [3.8, 4) is 0 Å². The Morgan fingerprint density at radius 3 is 2.91 bits per heavy atom. The molecule has 2 aromatic heterocycles. The fraction of sp³-hybridized carbons (Fsp3) is 0.188. The summed E-state index contributed by atoms with van der Waals surface area (Å²) in [7, 11) is 0. The van der Waals surface area contributed by atoms with E-state index in [-0.39, 0.29) is 12.2 Å². The molecule has 0 radical (unpaired) electrons. The molecule has 1 unspecified atom stereocenters. The number of aromatic nitrogens is 1. The third kappa shape index (κ3) is 3.01. The van der Waals surface area contributed by atoms with Crippen LogP contribution < -0.4 is 5.32 Å². The summed E-state index contributed by atoms with van der Waals surface area (Å²) in [4.78, 5) is 14.9. The lowest BCUT2D eigenvalue weighted by Crippen LogP contribution is -2.30. The highest BCUT2D eigenvalue weighted by molar-refractivity contribution is 7.08. The molecule has 3 rings (SSSR count). The van der Waals surface area contributed by atoms with Crippen LogP contribution >= 0.6 is 11.3 Å².